The van der Waals surface area contributed by atoms with Gasteiger partial charge in [0.25, 0.3) is 0 Å². The topological polar surface area (TPSA) is 138 Å². The highest BCUT2D eigenvalue weighted by molar-refractivity contribution is 5.86. The van der Waals surface area contributed by atoms with Crippen molar-refractivity contribution in [3.63, 3.8) is 0 Å². The highest BCUT2D eigenvalue weighted by atomic mass is 19.1. The van der Waals surface area contributed by atoms with Crippen LogP contribution in [0.25, 0.3) is 5.69 Å². The Morgan fingerprint density at radius 1 is 1.15 bits per heavy atom. The number of carbonyl (C=O) groups is 3. The molecule has 0 saturated carbocycles. The zero-order valence-electron chi connectivity index (χ0n) is 18.7. The van der Waals surface area contributed by atoms with E-state index in [2.05, 4.69) is 15.7 Å². The number of benzene rings is 1. The molecule has 33 heavy (non-hydrogen) atoms. The third-order valence-corrected chi connectivity index (χ3v) is 5.02. The van der Waals surface area contributed by atoms with Crippen molar-refractivity contribution in [3.05, 3.63) is 40.6 Å². The van der Waals surface area contributed by atoms with Crippen molar-refractivity contribution in [2.75, 3.05) is 20.2 Å². The van der Waals surface area contributed by atoms with Gasteiger partial charge in [-0.15, -0.1) is 4.68 Å². The first kappa shape index (κ1) is 23.9. The number of nitrogens with one attached hydrogen (secondary N) is 1. The molecule has 12 nitrogen and oxygen atoms in total. The molecule has 0 spiro atoms. The Kier molecular flexibility index (Phi) is 6.51. The first-order valence-electron chi connectivity index (χ1n) is 10.2. The van der Waals surface area contributed by atoms with Gasteiger partial charge in [-0.25, -0.2) is 23.6 Å². The van der Waals surface area contributed by atoms with Crippen molar-refractivity contribution in [2.45, 2.75) is 44.8 Å². The Hall–Kier alpha value is -3.77. The smallest absolute Gasteiger partial charge is 0.408 e. The Bertz CT molecular complexity index is 1110. The van der Waals surface area contributed by atoms with Crippen LogP contribution in [0.2, 0.25) is 0 Å². The lowest BCUT2D eigenvalue weighted by Crippen LogP contribution is -2.62. The van der Waals surface area contributed by atoms with Gasteiger partial charge < -0.3 is 19.7 Å². The Labute approximate surface area is 188 Å². The Morgan fingerprint density at radius 2 is 1.82 bits per heavy atom. The van der Waals surface area contributed by atoms with Crippen LogP contribution >= 0.6 is 0 Å². The molecular weight excluding hydrogens is 439 g/mol. The molecule has 1 aliphatic heterocycles. The number of likely N-dealkylation sites (tertiary alicyclic amines) is 1. The van der Waals surface area contributed by atoms with E-state index in [0.29, 0.717) is 4.68 Å². The van der Waals surface area contributed by atoms with Crippen molar-refractivity contribution < 1.29 is 28.2 Å². The number of amides is 2. The van der Waals surface area contributed by atoms with Gasteiger partial charge in [-0.1, -0.05) is 6.07 Å². The average Bonchev–Trinajstić information content (AvgIpc) is 3.13. The summed E-state index contributed by atoms with van der Waals surface area (Å²) in [5.74, 6) is -1.25. The molecule has 1 saturated heterocycles. The van der Waals surface area contributed by atoms with Gasteiger partial charge >= 0.3 is 23.8 Å². The van der Waals surface area contributed by atoms with Gasteiger partial charge in [-0.05, 0) is 62.2 Å². The maximum absolute atomic E-state index is 13.5. The van der Waals surface area contributed by atoms with Crippen molar-refractivity contribution in [1.82, 2.24) is 30.0 Å². The van der Waals surface area contributed by atoms with Crippen LogP contribution in [-0.4, -0.2) is 74.1 Å². The molecule has 0 aliphatic carbocycles. The second kappa shape index (κ2) is 9.00. The lowest BCUT2D eigenvalue weighted by Gasteiger charge is -2.39. The molecule has 1 aliphatic rings. The molecule has 13 heteroatoms. The monoisotopic (exact) mass is 464 g/mol. The summed E-state index contributed by atoms with van der Waals surface area (Å²) in [4.78, 5) is 51.5. The number of hydrogen-bond donors (Lipinski definition) is 1. The molecular formula is C20H25FN6O6. The second-order valence-electron chi connectivity index (χ2n) is 8.54. The van der Waals surface area contributed by atoms with Gasteiger partial charge in [0.1, 0.15) is 17.0 Å². The minimum absolute atomic E-state index is 0.0169. The van der Waals surface area contributed by atoms with E-state index in [0.717, 1.165) is 10.7 Å². The van der Waals surface area contributed by atoms with Crippen molar-refractivity contribution in [1.29, 1.82) is 0 Å². The van der Waals surface area contributed by atoms with E-state index in [1.54, 1.807) is 20.8 Å². The predicted molar refractivity (Wildman–Crippen MR) is 111 cm³/mol. The third-order valence-electron chi connectivity index (χ3n) is 5.02. The third kappa shape index (κ3) is 5.18. The van der Waals surface area contributed by atoms with Crippen LogP contribution in [0.4, 0.5) is 14.0 Å². The van der Waals surface area contributed by atoms with Crippen LogP contribution < -0.4 is 11.0 Å². The van der Waals surface area contributed by atoms with E-state index in [9.17, 15) is 23.6 Å². The molecule has 0 radical (unpaired) electrons. The van der Waals surface area contributed by atoms with E-state index in [1.807, 2.05) is 0 Å². The zero-order chi connectivity index (χ0) is 24.4. The molecule has 0 bridgehead atoms. The van der Waals surface area contributed by atoms with E-state index in [4.69, 9.17) is 9.47 Å². The number of piperidine rings is 1. The van der Waals surface area contributed by atoms with Gasteiger partial charge in [-0.3, -0.25) is 0 Å². The normalized spacial score (nSPS) is 15.6. The maximum Gasteiger partial charge on any atom is 0.408 e. The van der Waals surface area contributed by atoms with Crippen LogP contribution in [0.1, 0.15) is 33.6 Å². The fourth-order valence-electron chi connectivity index (χ4n) is 3.42. The van der Waals surface area contributed by atoms with Crippen molar-refractivity contribution >= 4 is 18.1 Å². The number of carbonyl (C=O) groups excluding carboxylic acids is 3. The highest BCUT2D eigenvalue weighted by Crippen LogP contribution is 2.25. The quantitative estimate of drug-likeness (QED) is 0.526. The molecule has 178 valence electrons. The van der Waals surface area contributed by atoms with Crippen LogP contribution in [-0.2, 0) is 14.3 Å². The molecule has 1 aromatic heterocycles. The van der Waals surface area contributed by atoms with E-state index < -0.39 is 40.7 Å². The number of hydrogen-bond acceptors (Lipinski definition) is 8. The number of halogens is 1. The SMILES string of the molecule is COC(=O)C1(NC(=O)OC(C)(C)C)CCN(C(=O)n2nnn(-c3cccc(F)c3)c2=O)CC1. The molecule has 2 aromatic rings. The summed E-state index contributed by atoms with van der Waals surface area (Å²) in [6.07, 6.45) is -0.739. The summed E-state index contributed by atoms with van der Waals surface area (Å²) < 4.78 is 24.9. The molecule has 1 N–H and O–H groups in total. The van der Waals surface area contributed by atoms with Crippen LogP contribution in [0.5, 0.6) is 0 Å². The highest BCUT2D eigenvalue weighted by Gasteiger charge is 2.46. The summed E-state index contributed by atoms with van der Waals surface area (Å²) in [6.45, 7) is 5.10. The average molecular weight is 464 g/mol. The molecule has 1 aromatic carbocycles. The molecule has 1 fully saturated rings. The first-order chi connectivity index (χ1) is 15.5. The number of esters is 1. The minimum atomic E-state index is -1.39. The van der Waals surface area contributed by atoms with E-state index in [-0.39, 0.29) is 31.6 Å². The summed E-state index contributed by atoms with van der Waals surface area (Å²) in [5, 5.41) is 9.81. The number of ether oxygens (including phenoxy) is 2. The Morgan fingerprint density at radius 3 is 2.39 bits per heavy atom. The van der Waals surface area contributed by atoms with Gasteiger partial charge in [0.05, 0.1) is 12.8 Å². The summed E-state index contributed by atoms with van der Waals surface area (Å²) in [5.41, 5.74) is -2.92. The fraction of sp³-hybridized carbons (Fsp3) is 0.500. The summed E-state index contributed by atoms with van der Waals surface area (Å²) >= 11 is 0. The van der Waals surface area contributed by atoms with E-state index in [1.165, 1.54) is 30.2 Å². The number of alkyl carbamates (subject to hydrolysis) is 1. The number of rotatable bonds is 3. The fourth-order valence-corrected chi connectivity index (χ4v) is 3.42. The van der Waals surface area contributed by atoms with Gasteiger partial charge in [0, 0.05) is 13.1 Å². The predicted octanol–water partition coefficient (Wildman–Crippen LogP) is 1.07. The zero-order valence-corrected chi connectivity index (χ0v) is 18.7. The first-order valence-corrected chi connectivity index (χ1v) is 10.2. The van der Waals surface area contributed by atoms with Gasteiger partial charge in [0.15, 0.2) is 0 Å². The number of nitrogens with zero attached hydrogens (tertiary/aromatic N) is 5. The molecule has 0 unspecified atom stereocenters. The number of methoxy groups -OCH3 is 1. The van der Waals surface area contributed by atoms with E-state index >= 15 is 0 Å². The summed E-state index contributed by atoms with van der Waals surface area (Å²) in [7, 11) is 1.20. The maximum atomic E-state index is 13.5. The molecule has 3 rings (SSSR count). The van der Waals surface area contributed by atoms with Crippen LogP contribution in [0, 0.1) is 5.82 Å². The summed E-state index contributed by atoms with van der Waals surface area (Å²) in [6, 6.07) is 4.36. The molecule has 2 amide bonds. The number of aromatic nitrogens is 4. The lowest BCUT2D eigenvalue weighted by atomic mass is 9.87. The largest absolute Gasteiger partial charge is 0.467 e. The van der Waals surface area contributed by atoms with Crippen molar-refractivity contribution in [3.8, 4) is 5.69 Å². The van der Waals surface area contributed by atoms with Crippen LogP contribution in [0.3, 0.4) is 0 Å². The van der Waals surface area contributed by atoms with Crippen molar-refractivity contribution in [2.24, 2.45) is 0 Å². The standard InChI is InChI=1S/C20H25FN6O6/c1-19(2,3)33-16(29)22-20(15(28)32-4)8-10-25(11-9-20)17(30)27-18(31)26(23-24-27)14-7-5-6-13(21)12-14/h5-7,12H,8-11H2,1-4H3,(H,22,29). The van der Waals surface area contributed by atoms with Crippen LogP contribution in [0.15, 0.2) is 29.1 Å². The lowest BCUT2D eigenvalue weighted by molar-refractivity contribution is -0.150. The van der Waals surface area contributed by atoms with Gasteiger partial charge in [0.2, 0.25) is 0 Å². The minimum Gasteiger partial charge on any atom is -0.467 e. The number of tetrazole rings is 1. The second-order valence-corrected chi connectivity index (χ2v) is 8.54. The van der Waals surface area contributed by atoms with Gasteiger partial charge in [-0.2, -0.15) is 4.68 Å². The molecule has 2 heterocycles. The molecule has 0 atom stereocenters. The Balaban J connectivity index is 1.75.